The second-order valence-corrected chi connectivity index (χ2v) is 8.31. The summed E-state index contributed by atoms with van der Waals surface area (Å²) in [6.07, 6.45) is 4.07. The van der Waals surface area contributed by atoms with Gasteiger partial charge in [0, 0.05) is 17.8 Å². The number of unbranched alkanes of at least 4 members (excludes halogenated alkanes) is 1. The molecular weight excluding hydrogens is 446 g/mol. The third kappa shape index (κ3) is 6.08. The first-order chi connectivity index (χ1) is 12.2. The van der Waals surface area contributed by atoms with E-state index in [1.165, 1.54) is 5.56 Å². The number of methoxy groups -OCH3 is 1. The fourth-order valence-corrected chi connectivity index (χ4v) is 2.87. The highest BCUT2D eigenvalue weighted by molar-refractivity contribution is 9.28. The molecule has 0 spiro atoms. The maximum Gasteiger partial charge on any atom is 0.170 e. The zero-order valence-electron chi connectivity index (χ0n) is 14.5. The summed E-state index contributed by atoms with van der Waals surface area (Å²) < 4.78 is 12.4. The number of benzene rings is 2. The van der Waals surface area contributed by atoms with Crippen LogP contribution in [0.1, 0.15) is 30.9 Å². The van der Waals surface area contributed by atoms with Crippen LogP contribution in [0.4, 0.5) is 5.69 Å². The van der Waals surface area contributed by atoms with E-state index in [0.29, 0.717) is 6.61 Å². The van der Waals surface area contributed by atoms with Crippen molar-refractivity contribution >= 4 is 43.6 Å². The smallest absolute Gasteiger partial charge is 0.170 e. The van der Waals surface area contributed by atoms with Crippen molar-refractivity contribution in [2.75, 3.05) is 19.0 Å². The van der Waals surface area contributed by atoms with E-state index in [4.69, 9.17) is 9.47 Å². The number of anilines is 1. The SMILES string of the molecule is CCCCOc1c(OC)ccc(NCc2ccccc2)c1C=C(Br)Br. The highest BCUT2D eigenvalue weighted by atomic mass is 79.9. The minimum atomic E-state index is 0.662. The monoisotopic (exact) mass is 467 g/mol. The molecule has 1 N–H and O–H groups in total. The van der Waals surface area contributed by atoms with Crippen molar-refractivity contribution in [3.8, 4) is 11.5 Å². The second kappa shape index (κ2) is 10.5. The number of nitrogens with one attached hydrogen (secondary N) is 1. The molecule has 134 valence electrons. The van der Waals surface area contributed by atoms with Gasteiger partial charge in [-0.3, -0.25) is 0 Å². The van der Waals surface area contributed by atoms with Crippen LogP contribution in [0, 0.1) is 0 Å². The van der Waals surface area contributed by atoms with Crippen LogP contribution < -0.4 is 14.8 Å². The summed E-state index contributed by atoms with van der Waals surface area (Å²) in [6, 6.07) is 14.3. The summed E-state index contributed by atoms with van der Waals surface area (Å²) in [6.45, 7) is 3.55. The molecule has 0 aliphatic carbocycles. The molecule has 25 heavy (non-hydrogen) atoms. The summed E-state index contributed by atoms with van der Waals surface area (Å²) in [7, 11) is 1.66. The minimum Gasteiger partial charge on any atom is -0.493 e. The topological polar surface area (TPSA) is 30.5 Å². The standard InChI is InChI=1S/C20H23Br2NO2/c1-3-4-12-25-20-16(13-19(21)22)17(10-11-18(20)24-2)23-14-15-8-6-5-7-9-15/h5-11,13,23H,3-4,12,14H2,1-2H3. The van der Waals surface area contributed by atoms with Crippen LogP contribution in [0.5, 0.6) is 11.5 Å². The predicted octanol–water partition coefficient (Wildman–Crippen LogP) is 6.57. The molecule has 5 heteroatoms. The van der Waals surface area contributed by atoms with Gasteiger partial charge in [0.15, 0.2) is 11.5 Å². The molecule has 3 nitrogen and oxygen atoms in total. The Kier molecular flexibility index (Phi) is 8.35. The van der Waals surface area contributed by atoms with E-state index in [-0.39, 0.29) is 0 Å². The van der Waals surface area contributed by atoms with E-state index in [1.807, 2.05) is 36.4 Å². The normalized spacial score (nSPS) is 10.2. The number of hydrogen-bond donors (Lipinski definition) is 1. The molecule has 0 aliphatic rings. The van der Waals surface area contributed by atoms with Crippen LogP contribution in [-0.4, -0.2) is 13.7 Å². The lowest BCUT2D eigenvalue weighted by molar-refractivity contribution is 0.288. The third-order valence-corrected chi connectivity index (χ3v) is 4.16. The molecule has 0 bridgehead atoms. The molecule has 0 radical (unpaired) electrons. The molecule has 0 aromatic heterocycles. The van der Waals surface area contributed by atoms with Crippen LogP contribution in [0.15, 0.2) is 45.9 Å². The average molecular weight is 469 g/mol. The molecule has 0 amide bonds. The quantitative estimate of drug-likeness (QED) is 0.422. The summed E-state index contributed by atoms with van der Waals surface area (Å²) in [4.78, 5) is 0. The maximum atomic E-state index is 6.04. The molecule has 0 aliphatic heterocycles. The zero-order chi connectivity index (χ0) is 18.1. The number of halogens is 2. The van der Waals surface area contributed by atoms with Gasteiger partial charge in [-0.15, -0.1) is 0 Å². The van der Waals surface area contributed by atoms with Crippen LogP contribution >= 0.6 is 31.9 Å². The Morgan fingerprint density at radius 2 is 1.88 bits per heavy atom. The highest BCUT2D eigenvalue weighted by Crippen LogP contribution is 2.39. The van der Waals surface area contributed by atoms with Crippen molar-refractivity contribution in [2.24, 2.45) is 0 Å². The lowest BCUT2D eigenvalue weighted by Gasteiger charge is -2.18. The summed E-state index contributed by atoms with van der Waals surface area (Å²) in [5.74, 6) is 1.49. The summed E-state index contributed by atoms with van der Waals surface area (Å²) >= 11 is 6.91. The van der Waals surface area contributed by atoms with Crippen molar-refractivity contribution in [1.82, 2.24) is 0 Å². The predicted molar refractivity (Wildman–Crippen MR) is 113 cm³/mol. The first-order valence-electron chi connectivity index (χ1n) is 8.30. The fraction of sp³-hybridized carbons (Fsp3) is 0.300. The van der Waals surface area contributed by atoms with E-state index in [0.717, 1.165) is 45.5 Å². The number of hydrogen-bond acceptors (Lipinski definition) is 3. The van der Waals surface area contributed by atoms with Gasteiger partial charge in [-0.25, -0.2) is 0 Å². The fourth-order valence-electron chi connectivity index (χ4n) is 2.41. The van der Waals surface area contributed by atoms with Crippen molar-refractivity contribution in [3.05, 3.63) is 57.0 Å². The zero-order valence-corrected chi connectivity index (χ0v) is 17.7. The molecular formula is C20H23Br2NO2. The molecule has 0 atom stereocenters. The Hall–Kier alpha value is -1.46. The van der Waals surface area contributed by atoms with Crippen LogP contribution in [0.3, 0.4) is 0 Å². The molecule has 0 heterocycles. The van der Waals surface area contributed by atoms with Gasteiger partial charge in [0.2, 0.25) is 0 Å². The Morgan fingerprint density at radius 3 is 2.52 bits per heavy atom. The first-order valence-corrected chi connectivity index (χ1v) is 9.88. The lowest BCUT2D eigenvalue weighted by atomic mass is 10.1. The van der Waals surface area contributed by atoms with Crippen molar-refractivity contribution in [2.45, 2.75) is 26.3 Å². The van der Waals surface area contributed by atoms with Gasteiger partial charge in [-0.2, -0.15) is 0 Å². The summed E-state index contributed by atoms with van der Waals surface area (Å²) in [5.41, 5.74) is 3.17. The Labute approximate surface area is 166 Å². The van der Waals surface area contributed by atoms with Crippen LogP contribution in [0.25, 0.3) is 6.08 Å². The van der Waals surface area contributed by atoms with Gasteiger partial charge in [0.25, 0.3) is 0 Å². The van der Waals surface area contributed by atoms with Crippen molar-refractivity contribution < 1.29 is 9.47 Å². The molecule has 0 unspecified atom stereocenters. The van der Waals surface area contributed by atoms with Gasteiger partial charge in [-0.1, -0.05) is 43.7 Å². The first kappa shape index (κ1) is 19.9. The van der Waals surface area contributed by atoms with Gasteiger partial charge < -0.3 is 14.8 Å². The van der Waals surface area contributed by atoms with E-state index in [1.54, 1.807) is 7.11 Å². The van der Waals surface area contributed by atoms with E-state index in [2.05, 4.69) is 56.2 Å². The molecule has 2 aromatic carbocycles. The van der Waals surface area contributed by atoms with E-state index >= 15 is 0 Å². The van der Waals surface area contributed by atoms with Gasteiger partial charge >= 0.3 is 0 Å². The Morgan fingerprint density at radius 1 is 1.12 bits per heavy atom. The maximum absolute atomic E-state index is 6.04. The molecule has 0 fully saturated rings. The van der Waals surface area contributed by atoms with Gasteiger partial charge in [-0.05, 0) is 62.1 Å². The van der Waals surface area contributed by atoms with Crippen LogP contribution in [-0.2, 0) is 6.54 Å². The lowest BCUT2D eigenvalue weighted by Crippen LogP contribution is -2.05. The van der Waals surface area contributed by atoms with Gasteiger partial charge in [0.05, 0.1) is 17.1 Å². The minimum absolute atomic E-state index is 0.662. The molecule has 0 saturated heterocycles. The van der Waals surface area contributed by atoms with Gasteiger partial charge in [0.1, 0.15) is 0 Å². The Balaban J connectivity index is 2.33. The second-order valence-electron chi connectivity index (χ2n) is 5.53. The van der Waals surface area contributed by atoms with Crippen molar-refractivity contribution in [3.63, 3.8) is 0 Å². The van der Waals surface area contributed by atoms with E-state index < -0.39 is 0 Å². The molecule has 2 aromatic rings. The Bertz CT molecular complexity index is 698. The molecule has 2 rings (SSSR count). The largest absolute Gasteiger partial charge is 0.493 e. The number of rotatable bonds is 9. The van der Waals surface area contributed by atoms with Crippen molar-refractivity contribution in [1.29, 1.82) is 0 Å². The highest BCUT2D eigenvalue weighted by Gasteiger charge is 2.14. The number of ether oxygens (including phenoxy) is 2. The third-order valence-electron chi connectivity index (χ3n) is 3.70. The van der Waals surface area contributed by atoms with Crippen LogP contribution in [0.2, 0.25) is 0 Å². The molecule has 0 saturated carbocycles. The van der Waals surface area contributed by atoms with E-state index in [9.17, 15) is 0 Å². The summed E-state index contributed by atoms with van der Waals surface area (Å²) in [5, 5.41) is 3.50. The average Bonchev–Trinajstić information content (AvgIpc) is 2.62.